The predicted octanol–water partition coefficient (Wildman–Crippen LogP) is 3.85. The van der Waals surface area contributed by atoms with E-state index in [4.69, 9.17) is 4.42 Å². The third-order valence-electron chi connectivity index (χ3n) is 3.10. The van der Waals surface area contributed by atoms with Crippen LogP contribution >= 0.6 is 0 Å². The van der Waals surface area contributed by atoms with Crippen LogP contribution in [-0.2, 0) is 11.8 Å². The smallest absolute Gasteiger partial charge is 0.106 e. The lowest BCUT2D eigenvalue weighted by Crippen LogP contribution is -2.16. The highest BCUT2D eigenvalue weighted by Gasteiger charge is 2.21. The van der Waals surface area contributed by atoms with Crippen molar-refractivity contribution < 1.29 is 9.52 Å². The van der Waals surface area contributed by atoms with Gasteiger partial charge in [0.1, 0.15) is 5.76 Å². The Balaban J connectivity index is 2.27. The van der Waals surface area contributed by atoms with Crippen molar-refractivity contribution in [3.63, 3.8) is 0 Å². The highest BCUT2D eigenvalue weighted by molar-refractivity contribution is 5.34. The van der Waals surface area contributed by atoms with Crippen LogP contribution in [0.1, 0.15) is 43.8 Å². The van der Waals surface area contributed by atoms with Gasteiger partial charge in [0.15, 0.2) is 0 Å². The third-order valence-corrected chi connectivity index (χ3v) is 3.10. The average molecular weight is 244 g/mol. The molecule has 1 N–H and O–H groups in total. The SMILES string of the molecule is CC(C)(C)c1ccccc1C(O)Cc1ccco1. The molecule has 1 heterocycles. The van der Waals surface area contributed by atoms with Gasteiger partial charge in [0.2, 0.25) is 0 Å². The molecule has 0 aliphatic heterocycles. The zero-order valence-corrected chi connectivity index (χ0v) is 11.2. The molecule has 0 fully saturated rings. The molecule has 1 aromatic heterocycles. The van der Waals surface area contributed by atoms with Crippen molar-refractivity contribution in [3.8, 4) is 0 Å². The molecule has 0 radical (unpaired) electrons. The predicted molar refractivity (Wildman–Crippen MR) is 72.5 cm³/mol. The first-order valence-electron chi connectivity index (χ1n) is 6.28. The lowest BCUT2D eigenvalue weighted by atomic mass is 9.82. The lowest BCUT2D eigenvalue weighted by Gasteiger charge is -2.25. The number of hydrogen-bond donors (Lipinski definition) is 1. The Morgan fingerprint density at radius 2 is 1.83 bits per heavy atom. The van der Waals surface area contributed by atoms with Crippen molar-refractivity contribution in [3.05, 3.63) is 59.5 Å². The van der Waals surface area contributed by atoms with Crippen LogP contribution in [0.4, 0.5) is 0 Å². The fourth-order valence-electron chi connectivity index (χ4n) is 2.20. The first kappa shape index (κ1) is 12.9. The van der Waals surface area contributed by atoms with Gasteiger partial charge in [-0.1, -0.05) is 45.0 Å². The van der Waals surface area contributed by atoms with Crippen LogP contribution < -0.4 is 0 Å². The van der Waals surface area contributed by atoms with Crippen LogP contribution in [0.15, 0.2) is 47.1 Å². The van der Waals surface area contributed by atoms with Crippen molar-refractivity contribution in [2.75, 3.05) is 0 Å². The number of hydrogen-bond acceptors (Lipinski definition) is 2. The number of benzene rings is 1. The minimum Gasteiger partial charge on any atom is -0.469 e. The molecule has 0 aliphatic rings. The molecule has 0 saturated carbocycles. The quantitative estimate of drug-likeness (QED) is 0.889. The molecule has 2 heteroatoms. The molecule has 2 nitrogen and oxygen atoms in total. The largest absolute Gasteiger partial charge is 0.469 e. The van der Waals surface area contributed by atoms with Gasteiger partial charge in [0.05, 0.1) is 12.4 Å². The maximum atomic E-state index is 10.4. The van der Waals surface area contributed by atoms with Gasteiger partial charge >= 0.3 is 0 Å². The van der Waals surface area contributed by atoms with E-state index in [1.165, 1.54) is 5.56 Å². The van der Waals surface area contributed by atoms with Gasteiger partial charge in [-0.2, -0.15) is 0 Å². The summed E-state index contributed by atoms with van der Waals surface area (Å²) in [5.41, 5.74) is 2.20. The summed E-state index contributed by atoms with van der Waals surface area (Å²) in [5.74, 6) is 0.811. The fraction of sp³-hybridized carbons (Fsp3) is 0.375. The first-order chi connectivity index (χ1) is 8.48. The summed E-state index contributed by atoms with van der Waals surface area (Å²) in [6, 6.07) is 11.8. The Hall–Kier alpha value is -1.54. The summed E-state index contributed by atoms with van der Waals surface area (Å²) in [7, 11) is 0. The maximum absolute atomic E-state index is 10.4. The Kier molecular flexibility index (Phi) is 3.58. The minimum atomic E-state index is -0.522. The van der Waals surface area contributed by atoms with Crippen molar-refractivity contribution in [1.29, 1.82) is 0 Å². The Bertz CT molecular complexity index is 492. The number of rotatable bonds is 3. The van der Waals surface area contributed by atoms with Gasteiger partial charge in [-0.05, 0) is 28.7 Å². The zero-order chi connectivity index (χ0) is 13.2. The topological polar surface area (TPSA) is 33.4 Å². The van der Waals surface area contributed by atoms with Crippen molar-refractivity contribution in [2.45, 2.75) is 38.7 Å². The monoisotopic (exact) mass is 244 g/mol. The average Bonchev–Trinajstić information content (AvgIpc) is 2.80. The molecule has 2 rings (SSSR count). The van der Waals surface area contributed by atoms with Crippen molar-refractivity contribution in [1.82, 2.24) is 0 Å². The third kappa shape index (κ3) is 2.82. The molecule has 0 bridgehead atoms. The number of aliphatic hydroxyl groups is 1. The zero-order valence-electron chi connectivity index (χ0n) is 11.2. The van der Waals surface area contributed by atoms with Crippen molar-refractivity contribution >= 4 is 0 Å². The molecule has 18 heavy (non-hydrogen) atoms. The van der Waals surface area contributed by atoms with Crippen LogP contribution in [-0.4, -0.2) is 5.11 Å². The van der Waals surface area contributed by atoms with Gasteiger partial charge < -0.3 is 9.52 Å². The number of aliphatic hydroxyl groups excluding tert-OH is 1. The fourth-order valence-corrected chi connectivity index (χ4v) is 2.20. The lowest BCUT2D eigenvalue weighted by molar-refractivity contribution is 0.168. The van der Waals surface area contributed by atoms with Gasteiger partial charge in [0.25, 0.3) is 0 Å². The Morgan fingerprint density at radius 3 is 2.44 bits per heavy atom. The van der Waals surface area contributed by atoms with Crippen LogP contribution in [0.25, 0.3) is 0 Å². The standard InChI is InChI=1S/C16H20O2/c1-16(2,3)14-9-5-4-8-13(14)15(17)11-12-7-6-10-18-12/h4-10,15,17H,11H2,1-3H3. The molecular formula is C16H20O2. The van der Waals surface area contributed by atoms with Gasteiger partial charge in [-0.15, -0.1) is 0 Å². The van der Waals surface area contributed by atoms with Gasteiger partial charge in [0, 0.05) is 6.42 Å². The highest BCUT2D eigenvalue weighted by Crippen LogP contribution is 2.31. The van der Waals surface area contributed by atoms with E-state index in [0.29, 0.717) is 6.42 Å². The second-order valence-electron chi connectivity index (χ2n) is 5.64. The van der Waals surface area contributed by atoms with Gasteiger partial charge in [-0.3, -0.25) is 0 Å². The van der Waals surface area contributed by atoms with E-state index in [9.17, 15) is 5.11 Å². The second kappa shape index (κ2) is 4.99. The molecule has 0 amide bonds. The molecule has 2 aromatic rings. The Labute approximate surface area is 108 Å². The van der Waals surface area contributed by atoms with E-state index in [-0.39, 0.29) is 5.41 Å². The van der Waals surface area contributed by atoms with E-state index in [2.05, 4.69) is 26.8 Å². The van der Waals surface area contributed by atoms with Gasteiger partial charge in [-0.25, -0.2) is 0 Å². The molecule has 1 unspecified atom stereocenters. The molecular weight excluding hydrogens is 224 g/mol. The normalized spacial score (nSPS) is 13.6. The molecule has 0 spiro atoms. The highest BCUT2D eigenvalue weighted by atomic mass is 16.3. The van der Waals surface area contributed by atoms with Crippen LogP contribution in [0, 0.1) is 0 Å². The summed E-state index contributed by atoms with van der Waals surface area (Å²) >= 11 is 0. The summed E-state index contributed by atoms with van der Waals surface area (Å²) < 4.78 is 5.29. The summed E-state index contributed by atoms with van der Waals surface area (Å²) in [6.45, 7) is 6.47. The molecule has 0 aliphatic carbocycles. The molecule has 1 aromatic carbocycles. The summed E-state index contributed by atoms with van der Waals surface area (Å²) in [6.07, 6.45) is 1.63. The van der Waals surface area contributed by atoms with E-state index in [1.807, 2.05) is 30.3 Å². The molecule has 1 atom stereocenters. The van der Waals surface area contributed by atoms with Crippen molar-refractivity contribution in [2.24, 2.45) is 0 Å². The second-order valence-corrected chi connectivity index (χ2v) is 5.64. The van der Waals surface area contributed by atoms with E-state index < -0.39 is 6.10 Å². The molecule has 0 saturated heterocycles. The molecule has 96 valence electrons. The first-order valence-corrected chi connectivity index (χ1v) is 6.28. The van der Waals surface area contributed by atoms with E-state index >= 15 is 0 Å². The number of furan rings is 1. The van der Waals surface area contributed by atoms with Crippen LogP contribution in [0.3, 0.4) is 0 Å². The maximum Gasteiger partial charge on any atom is 0.106 e. The summed E-state index contributed by atoms with van der Waals surface area (Å²) in [4.78, 5) is 0. The van der Waals surface area contributed by atoms with E-state index in [0.717, 1.165) is 11.3 Å². The minimum absolute atomic E-state index is 0.0285. The Morgan fingerprint density at radius 1 is 1.11 bits per heavy atom. The summed E-state index contributed by atoms with van der Waals surface area (Å²) in [5, 5.41) is 10.4. The van der Waals surface area contributed by atoms with E-state index in [1.54, 1.807) is 6.26 Å². The van der Waals surface area contributed by atoms with Crippen LogP contribution in [0.2, 0.25) is 0 Å². The van der Waals surface area contributed by atoms with Crippen LogP contribution in [0.5, 0.6) is 0 Å².